The molecule has 1 aliphatic heterocycles. The lowest BCUT2D eigenvalue weighted by molar-refractivity contribution is 0.391. The number of hydrogen-bond acceptors (Lipinski definition) is 2. The van der Waals surface area contributed by atoms with Crippen molar-refractivity contribution in [2.24, 2.45) is 0 Å². The Bertz CT molecular complexity index is 364. The average Bonchev–Trinajstić information content (AvgIpc) is 2.35. The first kappa shape index (κ1) is 12.8. The van der Waals surface area contributed by atoms with Gasteiger partial charge in [0.1, 0.15) is 5.82 Å². The normalized spacial score (nSPS) is 20.5. The Hall–Kier alpha value is -0.640. The minimum Gasteiger partial charge on any atom is -0.315 e. The van der Waals surface area contributed by atoms with Gasteiger partial charge in [0.15, 0.2) is 0 Å². The fourth-order valence-electron chi connectivity index (χ4n) is 2.17. The third kappa shape index (κ3) is 3.95. The molecular weight excluding hydrogens is 239 g/mol. The maximum absolute atomic E-state index is 13.4. The summed E-state index contributed by atoms with van der Waals surface area (Å²) < 4.78 is 13.4. The minimum absolute atomic E-state index is 0.169. The second-order valence-corrected chi connectivity index (χ2v) is 4.92. The van der Waals surface area contributed by atoms with Crippen LogP contribution in [0.5, 0.6) is 0 Å². The van der Waals surface area contributed by atoms with E-state index in [9.17, 15) is 4.39 Å². The number of halogens is 2. The highest BCUT2D eigenvalue weighted by Crippen LogP contribution is 2.15. The minimum atomic E-state index is -0.169. The molecule has 1 aromatic carbocycles. The van der Waals surface area contributed by atoms with Crippen molar-refractivity contribution in [2.45, 2.75) is 25.3 Å². The van der Waals surface area contributed by atoms with Crippen LogP contribution in [0.1, 0.15) is 18.4 Å². The van der Waals surface area contributed by atoms with Crippen LogP contribution in [0.2, 0.25) is 5.02 Å². The van der Waals surface area contributed by atoms with Gasteiger partial charge in [-0.05, 0) is 56.1 Å². The van der Waals surface area contributed by atoms with E-state index in [0.717, 1.165) is 19.6 Å². The molecule has 4 heteroatoms. The van der Waals surface area contributed by atoms with Gasteiger partial charge in [0.25, 0.3) is 0 Å². The molecule has 1 unspecified atom stereocenters. The SMILES string of the molecule is Fc1ccc(Cl)cc1CCNC1CCCNC1. The van der Waals surface area contributed by atoms with E-state index in [-0.39, 0.29) is 5.82 Å². The van der Waals surface area contributed by atoms with Gasteiger partial charge in [-0.1, -0.05) is 11.6 Å². The zero-order valence-corrected chi connectivity index (χ0v) is 10.6. The summed E-state index contributed by atoms with van der Waals surface area (Å²) in [4.78, 5) is 0. The quantitative estimate of drug-likeness (QED) is 0.864. The van der Waals surface area contributed by atoms with Gasteiger partial charge in [-0.3, -0.25) is 0 Å². The average molecular weight is 257 g/mol. The monoisotopic (exact) mass is 256 g/mol. The van der Waals surface area contributed by atoms with Gasteiger partial charge >= 0.3 is 0 Å². The number of nitrogens with one attached hydrogen (secondary N) is 2. The van der Waals surface area contributed by atoms with Crippen molar-refractivity contribution in [3.63, 3.8) is 0 Å². The predicted octanol–water partition coefficient (Wildman–Crippen LogP) is 2.36. The number of piperidine rings is 1. The van der Waals surface area contributed by atoms with Crippen LogP contribution in [0.15, 0.2) is 18.2 Å². The fraction of sp³-hybridized carbons (Fsp3) is 0.538. The second kappa shape index (κ2) is 6.34. The van der Waals surface area contributed by atoms with Crippen molar-refractivity contribution >= 4 is 11.6 Å². The highest BCUT2D eigenvalue weighted by atomic mass is 35.5. The van der Waals surface area contributed by atoms with E-state index in [0.29, 0.717) is 23.0 Å². The standard InChI is InChI=1S/C13H18ClFN2/c14-11-3-4-13(15)10(8-11)5-7-17-12-2-1-6-16-9-12/h3-4,8,12,16-17H,1-2,5-7,9H2. The molecule has 1 atom stereocenters. The van der Waals surface area contributed by atoms with Crippen molar-refractivity contribution in [3.8, 4) is 0 Å². The summed E-state index contributed by atoms with van der Waals surface area (Å²) in [6, 6.07) is 5.24. The van der Waals surface area contributed by atoms with Crippen LogP contribution in [0, 0.1) is 5.82 Å². The Morgan fingerprint density at radius 3 is 3.12 bits per heavy atom. The molecule has 0 spiro atoms. The Balaban J connectivity index is 1.79. The molecule has 17 heavy (non-hydrogen) atoms. The van der Waals surface area contributed by atoms with E-state index in [1.807, 2.05) is 0 Å². The van der Waals surface area contributed by atoms with Gasteiger partial charge in [0.05, 0.1) is 0 Å². The molecule has 0 saturated carbocycles. The van der Waals surface area contributed by atoms with Crippen molar-refractivity contribution in [3.05, 3.63) is 34.6 Å². The summed E-state index contributed by atoms with van der Waals surface area (Å²) in [5.41, 5.74) is 0.689. The first-order chi connectivity index (χ1) is 8.25. The van der Waals surface area contributed by atoms with Crippen LogP contribution >= 0.6 is 11.6 Å². The van der Waals surface area contributed by atoms with Gasteiger partial charge in [0.2, 0.25) is 0 Å². The van der Waals surface area contributed by atoms with E-state index in [1.54, 1.807) is 12.1 Å². The molecule has 94 valence electrons. The van der Waals surface area contributed by atoms with Crippen molar-refractivity contribution < 1.29 is 4.39 Å². The fourth-order valence-corrected chi connectivity index (χ4v) is 2.37. The van der Waals surface area contributed by atoms with Crippen LogP contribution in [0.4, 0.5) is 4.39 Å². The smallest absolute Gasteiger partial charge is 0.126 e. The summed E-state index contributed by atoms with van der Waals surface area (Å²) >= 11 is 5.85. The Morgan fingerprint density at radius 1 is 1.47 bits per heavy atom. The summed E-state index contributed by atoms with van der Waals surface area (Å²) in [6.45, 7) is 2.92. The molecule has 0 aromatic heterocycles. The highest BCUT2D eigenvalue weighted by molar-refractivity contribution is 6.30. The number of rotatable bonds is 4. The first-order valence-electron chi connectivity index (χ1n) is 6.14. The molecule has 0 bridgehead atoms. The van der Waals surface area contributed by atoms with E-state index >= 15 is 0 Å². The zero-order chi connectivity index (χ0) is 12.1. The molecule has 2 nitrogen and oxygen atoms in total. The Morgan fingerprint density at radius 2 is 2.35 bits per heavy atom. The third-order valence-electron chi connectivity index (χ3n) is 3.13. The lowest BCUT2D eigenvalue weighted by Gasteiger charge is -2.23. The van der Waals surface area contributed by atoms with Crippen LogP contribution in [-0.4, -0.2) is 25.7 Å². The lowest BCUT2D eigenvalue weighted by atomic mass is 10.1. The van der Waals surface area contributed by atoms with E-state index in [2.05, 4.69) is 10.6 Å². The first-order valence-corrected chi connectivity index (χ1v) is 6.51. The molecular formula is C13H18ClFN2. The van der Waals surface area contributed by atoms with Gasteiger partial charge in [-0.2, -0.15) is 0 Å². The van der Waals surface area contributed by atoms with Crippen molar-refractivity contribution in [2.75, 3.05) is 19.6 Å². The van der Waals surface area contributed by atoms with E-state index in [1.165, 1.54) is 18.9 Å². The topological polar surface area (TPSA) is 24.1 Å². The van der Waals surface area contributed by atoms with Gasteiger partial charge in [0, 0.05) is 17.6 Å². The maximum atomic E-state index is 13.4. The Kier molecular flexibility index (Phi) is 4.77. The lowest BCUT2D eigenvalue weighted by Crippen LogP contribution is -2.43. The summed E-state index contributed by atoms with van der Waals surface area (Å²) in [7, 11) is 0. The van der Waals surface area contributed by atoms with E-state index in [4.69, 9.17) is 11.6 Å². The maximum Gasteiger partial charge on any atom is 0.126 e. The Labute approximate surface area is 107 Å². The van der Waals surface area contributed by atoms with Gasteiger partial charge < -0.3 is 10.6 Å². The molecule has 1 saturated heterocycles. The zero-order valence-electron chi connectivity index (χ0n) is 9.81. The summed E-state index contributed by atoms with van der Waals surface area (Å²) in [5.74, 6) is -0.169. The van der Waals surface area contributed by atoms with Crippen LogP contribution in [-0.2, 0) is 6.42 Å². The second-order valence-electron chi connectivity index (χ2n) is 4.48. The van der Waals surface area contributed by atoms with Crippen LogP contribution in [0.25, 0.3) is 0 Å². The predicted molar refractivity (Wildman–Crippen MR) is 69.0 cm³/mol. The van der Waals surface area contributed by atoms with Gasteiger partial charge in [-0.25, -0.2) is 4.39 Å². The van der Waals surface area contributed by atoms with Crippen molar-refractivity contribution in [1.82, 2.24) is 10.6 Å². The molecule has 2 N–H and O–H groups in total. The third-order valence-corrected chi connectivity index (χ3v) is 3.37. The summed E-state index contributed by atoms with van der Waals surface area (Å²) in [6.07, 6.45) is 3.09. The molecule has 0 aliphatic carbocycles. The number of benzene rings is 1. The molecule has 1 aliphatic rings. The largest absolute Gasteiger partial charge is 0.315 e. The molecule has 1 heterocycles. The molecule has 1 fully saturated rings. The van der Waals surface area contributed by atoms with Crippen LogP contribution < -0.4 is 10.6 Å². The van der Waals surface area contributed by atoms with Crippen molar-refractivity contribution in [1.29, 1.82) is 0 Å². The molecule has 2 rings (SSSR count). The molecule has 0 amide bonds. The molecule has 1 aromatic rings. The van der Waals surface area contributed by atoms with Crippen LogP contribution in [0.3, 0.4) is 0 Å². The molecule has 0 radical (unpaired) electrons. The van der Waals surface area contributed by atoms with E-state index < -0.39 is 0 Å². The van der Waals surface area contributed by atoms with Gasteiger partial charge in [-0.15, -0.1) is 0 Å². The number of hydrogen-bond donors (Lipinski definition) is 2. The highest BCUT2D eigenvalue weighted by Gasteiger charge is 2.11. The summed E-state index contributed by atoms with van der Waals surface area (Å²) in [5, 5.41) is 7.39.